The van der Waals surface area contributed by atoms with Gasteiger partial charge in [-0.15, -0.1) is 0 Å². The lowest BCUT2D eigenvalue weighted by molar-refractivity contribution is 0.196. The number of hydrogen-bond acceptors (Lipinski definition) is 3. The molecule has 0 amide bonds. The molecule has 0 saturated heterocycles. The fourth-order valence-electron chi connectivity index (χ4n) is 1.25. The monoisotopic (exact) mass is 227 g/mol. The summed E-state index contributed by atoms with van der Waals surface area (Å²) in [6, 6.07) is 4.84. The van der Waals surface area contributed by atoms with Crippen LogP contribution in [0.25, 0.3) is 0 Å². The minimum absolute atomic E-state index is 0.313. The van der Waals surface area contributed by atoms with Gasteiger partial charge in [0.2, 0.25) is 0 Å². The van der Waals surface area contributed by atoms with E-state index in [0.717, 1.165) is 12.1 Å². The van der Waals surface area contributed by atoms with Crippen LogP contribution in [0.5, 0.6) is 5.75 Å². The first kappa shape index (κ1) is 12.9. The molecule has 0 aliphatic carbocycles. The van der Waals surface area contributed by atoms with Crippen molar-refractivity contribution < 1.29 is 13.9 Å². The summed E-state index contributed by atoms with van der Waals surface area (Å²) in [5, 5.41) is 3.12. The van der Waals surface area contributed by atoms with Crippen LogP contribution in [0.4, 0.5) is 4.39 Å². The number of aryl methyl sites for hydroxylation is 1. The normalized spacial score (nSPS) is 10.4. The molecule has 0 saturated carbocycles. The molecular formula is C12H18FNO2. The van der Waals surface area contributed by atoms with Gasteiger partial charge >= 0.3 is 0 Å². The molecule has 90 valence electrons. The van der Waals surface area contributed by atoms with Crippen LogP contribution in [0.15, 0.2) is 18.2 Å². The Kier molecular flexibility index (Phi) is 5.82. The minimum atomic E-state index is -0.317. The number of methoxy groups -OCH3 is 1. The van der Waals surface area contributed by atoms with Gasteiger partial charge < -0.3 is 14.8 Å². The van der Waals surface area contributed by atoms with Crippen LogP contribution in [0.2, 0.25) is 0 Å². The van der Waals surface area contributed by atoms with E-state index in [1.54, 1.807) is 19.2 Å². The van der Waals surface area contributed by atoms with Crippen LogP contribution in [-0.2, 0) is 4.74 Å². The van der Waals surface area contributed by atoms with Crippen molar-refractivity contribution >= 4 is 0 Å². The third-order valence-electron chi connectivity index (χ3n) is 2.11. The molecule has 4 heteroatoms. The molecule has 0 radical (unpaired) electrons. The maximum atomic E-state index is 13.2. The highest BCUT2D eigenvalue weighted by atomic mass is 19.1. The van der Waals surface area contributed by atoms with Crippen molar-refractivity contribution in [3.8, 4) is 5.75 Å². The van der Waals surface area contributed by atoms with Crippen molar-refractivity contribution in [2.45, 2.75) is 6.92 Å². The van der Waals surface area contributed by atoms with E-state index < -0.39 is 0 Å². The van der Waals surface area contributed by atoms with Gasteiger partial charge in [-0.05, 0) is 24.6 Å². The number of halogens is 1. The molecule has 0 heterocycles. The number of benzene rings is 1. The molecule has 0 bridgehead atoms. The summed E-state index contributed by atoms with van der Waals surface area (Å²) in [6.07, 6.45) is 0. The van der Waals surface area contributed by atoms with Gasteiger partial charge in [-0.25, -0.2) is 4.39 Å². The van der Waals surface area contributed by atoms with Gasteiger partial charge in [0.05, 0.1) is 6.61 Å². The summed E-state index contributed by atoms with van der Waals surface area (Å²) in [4.78, 5) is 0. The first-order chi connectivity index (χ1) is 7.74. The smallest absolute Gasteiger partial charge is 0.165 e. The van der Waals surface area contributed by atoms with E-state index in [-0.39, 0.29) is 5.82 Å². The van der Waals surface area contributed by atoms with E-state index in [9.17, 15) is 4.39 Å². The fraction of sp³-hybridized carbons (Fsp3) is 0.500. The Labute approximate surface area is 95.6 Å². The van der Waals surface area contributed by atoms with Crippen LogP contribution >= 0.6 is 0 Å². The second kappa shape index (κ2) is 7.19. The fourth-order valence-corrected chi connectivity index (χ4v) is 1.25. The van der Waals surface area contributed by atoms with Crippen LogP contribution in [0.3, 0.4) is 0 Å². The van der Waals surface area contributed by atoms with Crippen molar-refractivity contribution in [1.29, 1.82) is 0 Å². The van der Waals surface area contributed by atoms with Crippen LogP contribution in [0.1, 0.15) is 5.56 Å². The first-order valence-electron chi connectivity index (χ1n) is 5.32. The standard InChI is InChI=1S/C12H18FNO2/c1-10-3-4-11(13)12(9-10)16-8-6-14-5-7-15-2/h3-4,9,14H,5-8H2,1-2H3. The molecule has 0 atom stereocenters. The molecule has 1 aromatic rings. The van der Waals surface area contributed by atoms with E-state index in [4.69, 9.17) is 9.47 Å². The molecule has 0 unspecified atom stereocenters. The Morgan fingerprint density at radius 2 is 2.00 bits per heavy atom. The third-order valence-corrected chi connectivity index (χ3v) is 2.11. The molecule has 0 aliphatic rings. The number of hydrogen-bond donors (Lipinski definition) is 1. The number of nitrogens with one attached hydrogen (secondary N) is 1. The van der Waals surface area contributed by atoms with Gasteiger partial charge in [0.15, 0.2) is 11.6 Å². The quantitative estimate of drug-likeness (QED) is 0.720. The predicted octanol–water partition coefficient (Wildman–Crippen LogP) is 1.75. The minimum Gasteiger partial charge on any atom is -0.489 e. The lowest BCUT2D eigenvalue weighted by Crippen LogP contribution is -2.24. The molecule has 1 aromatic carbocycles. The predicted molar refractivity (Wildman–Crippen MR) is 61.4 cm³/mol. The van der Waals surface area contributed by atoms with Crippen molar-refractivity contribution in [2.75, 3.05) is 33.4 Å². The second-order valence-electron chi connectivity index (χ2n) is 3.53. The molecule has 16 heavy (non-hydrogen) atoms. The average molecular weight is 227 g/mol. The number of rotatable bonds is 7. The van der Waals surface area contributed by atoms with Gasteiger partial charge in [-0.1, -0.05) is 6.07 Å². The lowest BCUT2D eigenvalue weighted by Gasteiger charge is -2.08. The summed E-state index contributed by atoms with van der Waals surface area (Å²) in [5.41, 5.74) is 0.990. The van der Waals surface area contributed by atoms with Gasteiger partial charge in [0.25, 0.3) is 0 Å². The molecule has 0 spiro atoms. The zero-order valence-corrected chi connectivity index (χ0v) is 9.75. The zero-order valence-electron chi connectivity index (χ0n) is 9.75. The maximum Gasteiger partial charge on any atom is 0.165 e. The SMILES string of the molecule is COCCNCCOc1cc(C)ccc1F. The Balaban J connectivity index is 2.23. The summed E-state index contributed by atoms with van der Waals surface area (Å²) in [5.74, 6) is -0.00367. The molecular weight excluding hydrogens is 209 g/mol. The van der Waals surface area contributed by atoms with E-state index in [1.165, 1.54) is 6.07 Å². The molecule has 0 aromatic heterocycles. The van der Waals surface area contributed by atoms with Crippen LogP contribution < -0.4 is 10.1 Å². The highest BCUT2D eigenvalue weighted by Crippen LogP contribution is 2.17. The van der Waals surface area contributed by atoms with Crippen molar-refractivity contribution in [1.82, 2.24) is 5.32 Å². The molecule has 0 aliphatic heterocycles. The van der Waals surface area contributed by atoms with Gasteiger partial charge in [-0.3, -0.25) is 0 Å². The largest absolute Gasteiger partial charge is 0.489 e. The zero-order chi connectivity index (χ0) is 11.8. The Bertz CT molecular complexity index is 318. The second-order valence-corrected chi connectivity index (χ2v) is 3.53. The number of ether oxygens (including phenoxy) is 2. The average Bonchev–Trinajstić information content (AvgIpc) is 2.28. The molecule has 1 N–H and O–H groups in total. The Morgan fingerprint density at radius 1 is 1.25 bits per heavy atom. The van der Waals surface area contributed by atoms with E-state index in [2.05, 4.69) is 5.32 Å². The van der Waals surface area contributed by atoms with Crippen LogP contribution in [0, 0.1) is 12.7 Å². The summed E-state index contributed by atoms with van der Waals surface area (Å²) < 4.78 is 23.4. The van der Waals surface area contributed by atoms with Gasteiger partial charge in [0, 0.05) is 20.2 Å². The maximum absolute atomic E-state index is 13.2. The van der Waals surface area contributed by atoms with E-state index >= 15 is 0 Å². The lowest BCUT2D eigenvalue weighted by atomic mass is 10.2. The molecule has 0 fully saturated rings. The van der Waals surface area contributed by atoms with Crippen LogP contribution in [-0.4, -0.2) is 33.4 Å². The first-order valence-corrected chi connectivity index (χ1v) is 5.32. The van der Waals surface area contributed by atoms with Crippen molar-refractivity contribution in [2.24, 2.45) is 0 Å². The summed E-state index contributed by atoms with van der Waals surface area (Å²) >= 11 is 0. The summed E-state index contributed by atoms with van der Waals surface area (Å²) in [6.45, 7) is 4.47. The Morgan fingerprint density at radius 3 is 2.75 bits per heavy atom. The Hall–Kier alpha value is -1.13. The highest BCUT2D eigenvalue weighted by molar-refractivity contribution is 5.29. The van der Waals surface area contributed by atoms with Crippen molar-refractivity contribution in [3.63, 3.8) is 0 Å². The van der Waals surface area contributed by atoms with Gasteiger partial charge in [0.1, 0.15) is 6.61 Å². The molecule has 3 nitrogen and oxygen atoms in total. The summed E-state index contributed by atoms with van der Waals surface area (Å²) in [7, 11) is 1.65. The topological polar surface area (TPSA) is 30.5 Å². The van der Waals surface area contributed by atoms with Gasteiger partial charge in [-0.2, -0.15) is 0 Å². The van der Waals surface area contributed by atoms with E-state index in [1.807, 2.05) is 6.92 Å². The third kappa shape index (κ3) is 4.59. The van der Waals surface area contributed by atoms with Crippen molar-refractivity contribution in [3.05, 3.63) is 29.6 Å². The highest BCUT2D eigenvalue weighted by Gasteiger charge is 2.02. The molecule has 1 rings (SSSR count). The van der Waals surface area contributed by atoms with E-state index in [0.29, 0.717) is 25.5 Å².